The lowest BCUT2D eigenvalue weighted by Crippen LogP contribution is -2.47. The molecule has 0 saturated heterocycles. The molecule has 0 fully saturated rings. The lowest BCUT2D eigenvalue weighted by molar-refractivity contribution is 0.0695. The van der Waals surface area contributed by atoms with Gasteiger partial charge in [0.2, 0.25) is 5.43 Å². The molecular weight excluding hydrogens is 266 g/mol. The van der Waals surface area contributed by atoms with E-state index in [1.807, 2.05) is 31.2 Å². The molecule has 4 nitrogen and oxygen atoms in total. The summed E-state index contributed by atoms with van der Waals surface area (Å²) in [5, 5.41) is 10.6. The van der Waals surface area contributed by atoms with Crippen LogP contribution < -0.4 is 16.0 Å². The van der Waals surface area contributed by atoms with Gasteiger partial charge in [-0.15, -0.1) is 0 Å². The van der Waals surface area contributed by atoms with E-state index in [-0.39, 0.29) is 5.56 Å². The highest BCUT2D eigenvalue weighted by Crippen LogP contribution is 2.19. The van der Waals surface area contributed by atoms with E-state index < -0.39 is 11.4 Å². The first-order valence-electron chi connectivity index (χ1n) is 6.67. The van der Waals surface area contributed by atoms with Crippen LogP contribution in [-0.4, -0.2) is 15.6 Å². The fourth-order valence-electron chi connectivity index (χ4n) is 2.59. The summed E-state index contributed by atoms with van der Waals surface area (Å²) in [4.78, 5) is 24.1. The molecule has 1 aromatic heterocycles. The quantitative estimate of drug-likeness (QED) is 0.905. The molecule has 21 heavy (non-hydrogen) atoms. The van der Waals surface area contributed by atoms with Crippen LogP contribution in [0.15, 0.2) is 35.1 Å². The fourth-order valence-corrected chi connectivity index (χ4v) is 2.59. The van der Waals surface area contributed by atoms with Crippen LogP contribution in [0.25, 0.3) is 23.4 Å². The van der Waals surface area contributed by atoms with E-state index in [1.54, 1.807) is 36.7 Å². The highest BCUT2D eigenvalue weighted by molar-refractivity contribution is 5.94. The van der Waals surface area contributed by atoms with Gasteiger partial charge in [0.05, 0.1) is 5.69 Å². The Hall–Kier alpha value is -2.62. The smallest absolute Gasteiger partial charge is 0.341 e. The molecule has 0 spiro atoms. The lowest BCUT2D eigenvalue weighted by atomic mass is 10.0. The Morgan fingerprint density at radius 2 is 1.76 bits per heavy atom. The number of benzene rings is 1. The second-order valence-corrected chi connectivity index (χ2v) is 4.66. The number of pyridine rings is 1. The minimum absolute atomic E-state index is 0.192. The van der Waals surface area contributed by atoms with E-state index in [1.165, 1.54) is 0 Å². The Morgan fingerprint density at radius 3 is 2.24 bits per heavy atom. The third-order valence-corrected chi connectivity index (χ3v) is 3.50. The van der Waals surface area contributed by atoms with Gasteiger partial charge < -0.3 is 9.67 Å². The third kappa shape index (κ3) is 2.40. The van der Waals surface area contributed by atoms with Gasteiger partial charge in [-0.3, -0.25) is 4.79 Å². The minimum atomic E-state index is -1.21. The van der Waals surface area contributed by atoms with Crippen LogP contribution in [0.5, 0.6) is 0 Å². The van der Waals surface area contributed by atoms with Crippen molar-refractivity contribution in [1.82, 2.24) is 4.57 Å². The molecular formula is C17H17NO3. The van der Waals surface area contributed by atoms with Gasteiger partial charge in [-0.25, -0.2) is 4.79 Å². The lowest BCUT2D eigenvalue weighted by Gasteiger charge is -2.14. The zero-order valence-electron chi connectivity index (χ0n) is 12.3. The van der Waals surface area contributed by atoms with Crippen molar-refractivity contribution in [3.05, 3.63) is 56.7 Å². The zero-order valence-corrected chi connectivity index (χ0v) is 12.3. The number of aromatic nitrogens is 1. The highest BCUT2D eigenvalue weighted by atomic mass is 16.4. The Bertz CT molecular complexity index is 862. The first kappa shape index (κ1) is 14.8. The van der Waals surface area contributed by atoms with Crippen LogP contribution in [0.4, 0.5) is 0 Å². The van der Waals surface area contributed by atoms with Crippen molar-refractivity contribution >= 4 is 18.1 Å². The van der Waals surface area contributed by atoms with E-state index in [0.717, 1.165) is 0 Å². The molecule has 1 heterocycles. The van der Waals surface area contributed by atoms with E-state index in [4.69, 9.17) is 0 Å². The molecule has 108 valence electrons. The molecule has 0 amide bonds. The second kappa shape index (κ2) is 5.79. The topological polar surface area (TPSA) is 59.3 Å². The van der Waals surface area contributed by atoms with E-state index in [0.29, 0.717) is 21.8 Å². The number of rotatable bonds is 2. The monoisotopic (exact) mass is 283 g/mol. The number of hydrogen-bond acceptors (Lipinski definition) is 2. The standard InChI is InChI=1S/C17H17NO3/c1-4-12-13(5-2)18(3)15(11-9-7-6-8-10-11)14(16(12)19)17(20)21/h4-10H,1-3H3,(H,20,21)/b12-4+,13-5+. The maximum atomic E-state index is 12.5. The largest absolute Gasteiger partial charge is 0.477 e. The van der Waals surface area contributed by atoms with Gasteiger partial charge in [0.1, 0.15) is 5.56 Å². The van der Waals surface area contributed by atoms with Crippen LogP contribution in [0, 0.1) is 0 Å². The summed E-state index contributed by atoms with van der Waals surface area (Å²) < 4.78 is 1.76. The number of carboxylic acid groups (broad SMARTS) is 1. The van der Waals surface area contributed by atoms with E-state index in [9.17, 15) is 14.7 Å². The zero-order chi connectivity index (χ0) is 15.6. The van der Waals surface area contributed by atoms with Gasteiger partial charge in [0.15, 0.2) is 0 Å². The SMILES string of the molecule is C/C=c1/c(=O)c(C(=O)O)c(-c2ccccc2)n(C)/c1=C/C. The molecule has 0 aliphatic heterocycles. The first-order chi connectivity index (χ1) is 10.0. The maximum Gasteiger partial charge on any atom is 0.341 e. The molecule has 0 aliphatic carbocycles. The highest BCUT2D eigenvalue weighted by Gasteiger charge is 2.20. The predicted octanol–water partition coefficient (Wildman–Crippen LogP) is 1.35. The molecule has 1 N–H and O–H groups in total. The van der Waals surface area contributed by atoms with Gasteiger partial charge in [-0.2, -0.15) is 0 Å². The molecule has 0 aliphatic rings. The van der Waals surface area contributed by atoms with Crippen LogP contribution >= 0.6 is 0 Å². The average molecular weight is 283 g/mol. The molecule has 4 heteroatoms. The Balaban J connectivity index is 3.12. The number of nitrogens with zero attached hydrogens (tertiary/aromatic N) is 1. The maximum absolute atomic E-state index is 12.5. The molecule has 0 unspecified atom stereocenters. The van der Waals surface area contributed by atoms with Crippen LogP contribution in [0.1, 0.15) is 24.2 Å². The van der Waals surface area contributed by atoms with Gasteiger partial charge in [0, 0.05) is 17.6 Å². The summed E-state index contributed by atoms with van der Waals surface area (Å²) in [6.07, 6.45) is 3.47. The summed E-state index contributed by atoms with van der Waals surface area (Å²) in [6.45, 7) is 3.56. The van der Waals surface area contributed by atoms with Crippen molar-refractivity contribution in [3.63, 3.8) is 0 Å². The molecule has 0 atom stereocenters. The van der Waals surface area contributed by atoms with Gasteiger partial charge in [-0.1, -0.05) is 42.5 Å². The second-order valence-electron chi connectivity index (χ2n) is 4.66. The van der Waals surface area contributed by atoms with Gasteiger partial charge in [-0.05, 0) is 19.4 Å². The molecule has 2 aromatic rings. The third-order valence-electron chi connectivity index (χ3n) is 3.50. The minimum Gasteiger partial charge on any atom is -0.477 e. The molecule has 2 rings (SSSR count). The van der Waals surface area contributed by atoms with Crippen molar-refractivity contribution in [2.24, 2.45) is 7.05 Å². The number of aromatic carboxylic acids is 1. The van der Waals surface area contributed by atoms with Crippen LogP contribution in [0.3, 0.4) is 0 Å². The molecule has 0 saturated carbocycles. The van der Waals surface area contributed by atoms with E-state index in [2.05, 4.69) is 0 Å². The van der Waals surface area contributed by atoms with Crippen molar-refractivity contribution in [2.45, 2.75) is 13.8 Å². The van der Waals surface area contributed by atoms with Crippen LogP contribution in [0.2, 0.25) is 0 Å². The van der Waals surface area contributed by atoms with Crippen molar-refractivity contribution in [3.8, 4) is 11.3 Å². The normalized spacial score (nSPS) is 12.7. The number of carbonyl (C=O) groups is 1. The van der Waals surface area contributed by atoms with E-state index >= 15 is 0 Å². The Morgan fingerprint density at radius 1 is 1.14 bits per heavy atom. The number of hydrogen-bond donors (Lipinski definition) is 1. The summed E-state index contributed by atoms with van der Waals surface area (Å²) in [5.74, 6) is -1.21. The summed E-state index contributed by atoms with van der Waals surface area (Å²) in [5.41, 5.74) is 0.490. The van der Waals surface area contributed by atoms with Crippen molar-refractivity contribution < 1.29 is 9.90 Å². The van der Waals surface area contributed by atoms with Gasteiger partial charge >= 0.3 is 5.97 Å². The summed E-state index contributed by atoms with van der Waals surface area (Å²) in [7, 11) is 1.77. The predicted molar refractivity (Wildman–Crippen MR) is 83.6 cm³/mol. The Labute approximate surface area is 122 Å². The van der Waals surface area contributed by atoms with Crippen molar-refractivity contribution in [2.75, 3.05) is 0 Å². The summed E-state index contributed by atoms with van der Waals surface area (Å²) >= 11 is 0. The average Bonchev–Trinajstić information content (AvgIpc) is 2.48. The number of carboxylic acids is 1. The summed E-state index contributed by atoms with van der Waals surface area (Å²) in [6, 6.07) is 9.09. The van der Waals surface area contributed by atoms with Gasteiger partial charge in [0.25, 0.3) is 0 Å². The molecule has 1 aromatic carbocycles. The van der Waals surface area contributed by atoms with Crippen LogP contribution in [-0.2, 0) is 7.05 Å². The Kier molecular flexibility index (Phi) is 4.08. The first-order valence-corrected chi connectivity index (χ1v) is 6.67. The molecule has 0 radical (unpaired) electrons. The molecule has 0 bridgehead atoms. The van der Waals surface area contributed by atoms with Crippen molar-refractivity contribution in [1.29, 1.82) is 0 Å². The fraction of sp³-hybridized carbons (Fsp3) is 0.176.